The molecule has 104 valence electrons. The maximum Gasteiger partial charge on any atom is 0.318 e. The van der Waals surface area contributed by atoms with Gasteiger partial charge in [-0.05, 0) is 42.8 Å². The van der Waals surface area contributed by atoms with E-state index >= 15 is 0 Å². The van der Waals surface area contributed by atoms with E-state index in [1.807, 2.05) is 42.6 Å². The lowest BCUT2D eigenvalue weighted by molar-refractivity contribution is 0.254. The second kappa shape index (κ2) is 6.56. The van der Waals surface area contributed by atoms with Crippen LogP contribution in [0.2, 0.25) is 0 Å². The van der Waals surface area contributed by atoms with Gasteiger partial charge in [0.05, 0.1) is 6.04 Å². The number of hydrogen-bond acceptors (Lipinski definition) is 3. The highest BCUT2D eigenvalue weighted by Crippen LogP contribution is 2.20. The van der Waals surface area contributed by atoms with Crippen molar-refractivity contribution in [1.82, 2.24) is 10.3 Å². The molecule has 1 unspecified atom stereocenters. The Morgan fingerprint density at radius 2 is 1.85 bits per heavy atom. The summed E-state index contributed by atoms with van der Waals surface area (Å²) >= 11 is 0. The molecule has 1 aromatic heterocycles. The Labute approximate surface area is 118 Å². The lowest BCUT2D eigenvalue weighted by atomic mass is 10.1. The average Bonchev–Trinajstić information content (AvgIpc) is 2.50. The quantitative estimate of drug-likeness (QED) is 0.800. The summed E-state index contributed by atoms with van der Waals surface area (Å²) in [6, 6.07) is 11.5. The van der Waals surface area contributed by atoms with Crippen LogP contribution in [0.1, 0.15) is 18.5 Å². The lowest BCUT2D eigenvalue weighted by Crippen LogP contribution is -2.24. The van der Waals surface area contributed by atoms with Gasteiger partial charge >= 0.3 is 6.03 Å². The second-order valence-corrected chi connectivity index (χ2v) is 4.43. The highest BCUT2D eigenvalue weighted by molar-refractivity contribution is 5.89. The SMILES string of the molecule is CNC(=O)Nc1ccc(NC(C)c2cccnc2)cc1. The summed E-state index contributed by atoms with van der Waals surface area (Å²) in [5.41, 5.74) is 2.87. The van der Waals surface area contributed by atoms with Crippen LogP contribution < -0.4 is 16.0 Å². The smallest absolute Gasteiger partial charge is 0.318 e. The molecule has 0 saturated carbocycles. The number of aromatic nitrogens is 1. The van der Waals surface area contributed by atoms with Crippen LogP contribution >= 0.6 is 0 Å². The molecular formula is C15H18N4O. The van der Waals surface area contributed by atoms with Crippen LogP contribution in [-0.2, 0) is 0 Å². The van der Waals surface area contributed by atoms with Crippen LogP contribution in [-0.4, -0.2) is 18.1 Å². The molecule has 0 radical (unpaired) electrons. The minimum absolute atomic E-state index is 0.168. The molecule has 1 heterocycles. The van der Waals surface area contributed by atoms with Gasteiger partial charge in [-0.1, -0.05) is 6.07 Å². The summed E-state index contributed by atoms with van der Waals surface area (Å²) in [5.74, 6) is 0. The van der Waals surface area contributed by atoms with Crippen LogP contribution in [0.15, 0.2) is 48.8 Å². The van der Waals surface area contributed by atoms with Gasteiger partial charge in [0.1, 0.15) is 0 Å². The Morgan fingerprint density at radius 3 is 2.45 bits per heavy atom. The molecule has 5 nitrogen and oxygen atoms in total. The fraction of sp³-hybridized carbons (Fsp3) is 0.200. The van der Waals surface area contributed by atoms with E-state index in [9.17, 15) is 4.79 Å². The standard InChI is InChI=1S/C15H18N4O/c1-11(12-4-3-9-17-10-12)18-13-5-7-14(8-6-13)19-15(20)16-2/h3-11,18H,1-2H3,(H2,16,19,20). The van der Waals surface area contributed by atoms with Gasteiger partial charge in [-0.3, -0.25) is 4.98 Å². The van der Waals surface area contributed by atoms with Crippen LogP contribution in [0.3, 0.4) is 0 Å². The van der Waals surface area contributed by atoms with E-state index in [0.29, 0.717) is 0 Å². The minimum atomic E-state index is -0.227. The Balaban J connectivity index is 1.98. The first-order chi connectivity index (χ1) is 9.69. The number of carbonyl (C=O) groups excluding carboxylic acids is 1. The Bertz CT molecular complexity index is 554. The molecule has 0 fully saturated rings. The number of rotatable bonds is 4. The number of pyridine rings is 1. The molecule has 5 heteroatoms. The monoisotopic (exact) mass is 270 g/mol. The fourth-order valence-electron chi connectivity index (χ4n) is 1.81. The van der Waals surface area contributed by atoms with Gasteiger partial charge in [0.15, 0.2) is 0 Å². The molecule has 2 rings (SSSR count). The number of amides is 2. The van der Waals surface area contributed by atoms with Crippen LogP contribution in [0, 0.1) is 0 Å². The number of nitrogens with zero attached hydrogens (tertiary/aromatic N) is 1. The molecule has 0 aliphatic heterocycles. The van der Waals surface area contributed by atoms with Crippen molar-refractivity contribution in [3.8, 4) is 0 Å². The number of benzene rings is 1. The largest absolute Gasteiger partial charge is 0.378 e. The van der Waals surface area contributed by atoms with Gasteiger partial charge in [0, 0.05) is 30.8 Å². The topological polar surface area (TPSA) is 66.1 Å². The highest BCUT2D eigenvalue weighted by atomic mass is 16.2. The highest BCUT2D eigenvalue weighted by Gasteiger charge is 2.05. The predicted octanol–water partition coefficient (Wildman–Crippen LogP) is 3.01. The molecule has 2 aromatic rings. The van der Waals surface area contributed by atoms with E-state index < -0.39 is 0 Å². The van der Waals surface area contributed by atoms with Crippen LogP contribution in [0.25, 0.3) is 0 Å². The number of urea groups is 1. The van der Waals surface area contributed by atoms with Crippen LogP contribution in [0.5, 0.6) is 0 Å². The molecule has 0 spiro atoms. The summed E-state index contributed by atoms with van der Waals surface area (Å²) < 4.78 is 0. The summed E-state index contributed by atoms with van der Waals surface area (Å²) in [6.07, 6.45) is 3.61. The summed E-state index contributed by atoms with van der Waals surface area (Å²) in [6.45, 7) is 2.08. The maximum atomic E-state index is 11.2. The molecule has 0 bridgehead atoms. The van der Waals surface area contributed by atoms with Crippen molar-refractivity contribution in [3.05, 3.63) is 54.4 Å². The van der Waals surface area contributed by atoms with Gasteiger partial charge in [0.25, 0.3) is 0 Å². The van der Waals surface area contributed by atoms with Gasteiger partial charge in [-0.2, -0.15) is 0 Å². The zero-order valence-electron chi connectivity index (χ0n) is 11.6. The van der Waals surface area contributed by atoms with Gasteiger partial charge in [-0.25, -0.2) is 4.79 Å². The third-order valence-electron chi connectivity index (χ3n) is 2.94. The third-order valence-corrected chi connectivity index (χ3v) is 2.94. The van der Waals surface area contributed by atoms with E-state index in [-0.39, 0.29) is 12.1 Å². The van der Waals surface area contributed by atoms with Crippen molar-refractivity contribution in [2.24, 2.45) is 0 Å². The molecular weight excluding hydrogens is 252 g/mol. The van der Waals surface area contributed by atoms with Crippen molar-refractivity contribution in [3.63, 3.8) is 0 Å². The molecule has 0 aliphatic carbocycles. The van der Waals surface area contributed by atoms with Crippen molar-refractivity contribution in [2.45, 2.75) is 13.0 Å². The molecule has 1 aromatic carbocycles. The van der Waals surface area contributed by atoms with Crippen molar-refractivity contribution in [2.75, 3.05) is 17.7 Å². The number of carbonyl (C=O) groups is 1. The zero-order valence-corrected chi connectivity index (χ0v) is 11.6. The predicted molar refractivity (Wildman–Crippen MR) is 80.8 cm³/mol. The number of anilines is 2. The van der Waals surface area contributed by atoms with E-state index in [2.05, 4.69) is 27.9 Å². The van der Waals surface area contributed by atoms with E-state index in [4.69, 9.17) is 0 Å². The summed E-state index contributed by atoms with van der Waals surface area (Å²) in [4.78, 5) is 15.3. The van der Waals surface area contributed by atoms with Crippen molar-refractivity contribution >= 4 is 17.4 Å². The first-order valence-electron chi connectivity index (χ1n) is 6.44. The molecule has 2 amide bonds. The van der Waals surface area contributed by atoms with Gasteiger partial charge in [0.2, 0.25) is 0 Å². The van der Waals surface area contributed by atoms with E-state index in [0.717, 1.165) is 16.9 Å². The molecule has 0 aliphatic rings. The van der Waals surface area contributed by atoms with Gasteiger partial charge < -0.3 is 16.0 Å². The number of nitrogens with one attached hydrogen (secondary N) is 3. The molecule has 20 heavy (non-hydrogen) atoms. The van der Waals surface area contributed by atoms with Crippen LogP contribution in [0.4, 0.5) is 16.2 Å². The van der Waals surface area contributed by atoms with Crippen molar-refractivity contribution in [1.29, 1.82) is 0 Å². The minimum Gasteiger partial charge on any atom is -0.378 e. The average molecular weight is 270 g/mol. The first kappa shape index (κ1) is 13.9. The normalized spacial score (nSPS) is 11.5. The Hall–Kier alpha value is -2.56. The maximum absolute atomic E-state index is 11.2. The lowest BCUT2D eigenvalue weighted by Gasteiger charge is -2.15. The zero-order chi connectivity index (χ0) is 14.4. The summed E-state index contributed by atoms with van der Waals surface area (Å²) in [7, 11) is 1.58. The van der Waals surface area contributed by atoms with E-state index in [1.54, 1.807) is 13.2 Å². The summed E-state index contributed by atoms with van der Waals surface area (Å²) in [5, 5.41) is 8.61. The molecule has 3 N–H and O–H groups in total. The third kappa shape index (κ3) is 3.71. The molecule has 0 saturated heterocycles. The number of hydrogen-bond donors (Lipinski definition) is 3. The first-order valence-corrected chi connectivity index (χ1v) is 6.44. The fourth-order valence-corrected chi connectivity index (χ4v) is 1.81. The van der Waals surface area contributed by atoms with E-state index in [1.165, 1.54) is 0 Å². The van der Waals surface area contributed by atoms with Gasteiger partial charge in [-0.15, -0.1) is 0 Å². The Kier molecular flexibility index (Phi) is 4.55. The Morgan fingerprint density at radius 1 is 1.15 bits per heavy atom. The second-order valence-electron chi connectivity index (χ2n) is 4.43. The molecule has 1 atom stereocenters. The van der Waals surface area contributed by atoms with Crippen molar-refractivity contribution < 1.29 is 4.79 Å².